The number of hydrogen-bond acceptors (Lipinski definition) is 7. The van der Waals surface area contributed by atoms with Gasteiger partial charge in [0.2, 0.25) is 5.91 Å². The van der Waals surface area contributed by atoms with E-state index in [-0.39, 0.29) is 24.9 Å². The first-order valence-electron chi connectivity index (χ1n) is 14.6. The van der Waals surface area contributed by atoms with Gasteiger partial charge in [-0.1, -0.05) is 86.8 Å². The van der Waals surface area contributed by atoms with Gasteiger partial charge in [-0.15, -0.1) is 0 Å². The van der Waals surface area contributed by atoms with Gasteiger partial charge in [-0.2, -0.15) is 0 Å². The van der Waals surface area contributed by atoms with Crippen molar-refractivity contribution in [3.8, 4) is 0 Å². The molecule has 3 aromatic rings. The molecule has 4 rings (SSSR count). The van der Waals surface area contributed by atoms with Gasteiger partial charge in [0.05, 0.1) is 18.6 Å². The number of nitrogens with one attached hydrogen (secondary N) is 2. The van der Waals surface area contributed by atoms with Crippen LogP contribution >= 0.6 is 0 Å². The lowest BCUT2D eigenvalue weighted by molar-refractivity contribution is -0.170. The molecule has 2 aromatic carbocycles. The zero-order chi connectivity index (χ0) is 30.6. The van der Waals surface area contributed by atoms with Crippen LogP contribution in [0.4, 0.5) is 15.4 Å². The largest absolute Gasteiger partial charge is 0.459 e. The average Bonchev–Trinajstić information content (AvgIpc) is 3.02. The van der Waals surface area contributed by atoms with E-state index in [0.29, 0.717) is 12.2 Å². The van der Waals surface area contributed by atoms with Crippen molar-refractivity contribution in [1.82, 2.24) is 15.2 Å². The molecule has 2 N–H and O–H groups in total. The Kier molecular flexibility index (Phi) is 11.2. The Labute approximate surface area is 251 Å². The molecule has 0 unspecified atom stereocenters. The Hall–Kier alpha value is -4.73. The van der Waals surface area contributed by atoms with Crippen LogP contribution in [0.5, 0.6) is 0 Å². The number of esters is 1. The van der Waals surface area contributed by atoms with Crippen molar-refractivity contribution in [1.29, 1.82) is 0 Å². The molecule has 4 amide bonds. The predicted molar refractivity (Wildman–Crippen MR) is 161 cm³/mol. The van der Waals surface area contributed by atoms with Gasteiger partial charge in [0.15, 0.2) is 6.04 Å². The fourth-order valence-corrected chi connectivity index (χ4v) is 4.90. The third-order valence-corrected chi connectivity index (χ3v) is 7.28. The first kappa shape index (κ1) is 31.2. The normalized spacial score (nSPS) is 16.5. The Bertz CT molecular complexity index is 1380. The molecule has 0 saturated carbocycles. The van der Waals surface area contributed by atoms with Crippen molar-refractivity contribution < 1.29 is 28.7 Å². The van der Waals surface area contributed by atoms with Gasteiger partial charge in [0, 0.05) is 6.20 Å². The van der Waals surface area contributed by atoms with Crippen molar-refractivity contribution in [3.05, 3.63) is 95.7 Å². The molecule has 1 saturated heterocycles. The van der Waals surface area contributed by atoms with E-state index in [1.54, 1.807) is 19.1 Å². The fourth-order valence-electron chi connectivity index (χ4n) is 4.90. The summed E-state index contributed by atoms with van der Waals surface area (Å²) in [7, 11) is 0. The zero-order valence-corrected chi connectivity index (χ0v) is 24.5. The third-order valence-electron chi connectivity index (χ3n) is 7.28. The molecule has 10 nitrogen and oxygen atoms in total. The Morgan fingerprint density at radius 2 is 1.65 bits per heavy atom. The lowest BCUT2D eigenvalue weighted by Crippen LogP contribution is -2.69. The van der Waals surface area contributed by atoms with Crippen molar-refractivity contribution in [2.75, 3.05) is 11.9 Å². The van der Waals surface area contributed by atoms with E-state index in [2.05, 4.69) is 22.5 Å². The van der Waals surface area contributed by atoms with Crippen molar-refractivity contribution in [2.45, 2.75) is 64.6 Å². The van der Waals surface area contributed by atoms with Crippen LogP contribution in [0.2, 0.25) is 0 Å². The van der Waals surface area contributed by atoms with Crippen LogP contribution in [-0.2, 0) is 32.1 Å². The monoisotopic (exact) mass is 586 g/mol. The molecular weight excluding hydrogens is 548 g/mol. The number of likely N-dealkylation sites (tertiary alicyclic amines) is 1. The van der Waals surface area contributed by atoms with Gasteiger partial charge in [-0.3, -0.25) is 10.1 Å². The molecule has 2 heterocycles. The molecule has 0 aliphatic carbocycles. The topological polar surface area (TPSA) is 127 Å². The summed E-state index contributed by atoms with van der Waals surface area (Å²) in [4.78, 5) is 57.2. The Morgan fingerprint density at radius 1 is 0.930 bits per heavy atom. The highest BCUT2D eigenvalue weighted by atomic mass is 16.5. The SMILES string of the molecule is CCCCCCOC(=O)Nc1cc(C[C@H]2C(=O)N(C(=O)N[C@H](C)c3ccccc3)[C@@H]2C(=O)OCc2ccccc2)ccn1. The number of β-lactam (4-membered cyclic amide) rings is 1. The van der Waals surface area contributed by atoms with Gasteiger partial charge in [-0.25, -0.2) is 24.3 Å². The quantitative estimate of drug-likeness (QED) is 0.147. The summed E-state index contributed by atoms with van der Waals surface area (Å²) in [5.41, 5.74) is 2.30. The molecule has 0 bridgehead atoms. The molecule has 43 heavy (non-hydrogen) atoms. The number of benzene rings is 2. The van der Waals surface area contributed by atoms with Crippen molar-refractivity contribution in [3.63, 3.8) is 0 Å². The van der Waals surface area contributed by atoms with E-state index in [1.165, 1.54) is 6.20 Å². The highest BCUT2D eigenvalue weighted by Gasteiger charge is 2.55. The first-order chi connectivity index (χ1) is 20.9. The number of amides is 4. The maximum atomic E-state index is 13.3. The maximum Gasteiger partial charge on any atom is 0.412 e. The second-order valence-electron chi connectivity index (χ2n) is 10.5. The van der Waals surface area contributed by atoms with E-state index >= 15 is 0 Å². The van der Waals surface area contributed by atoms with Crippen LogP contribution in [0.1, 0.15) is 62.3 Å². The van der Waals surface area contributed by atoms with Gasteiger partial charge in [-0.05, 0) is 48.6 Å². The first-order valence-corrected chi connectivity index (χ1v) is 14.6. The standard InChI is InChI=1S/C33H38N4O6/c1-3-4-5-12-19-42-33(41)36-28-21-25(17-18-34-28)20-27-29(31(39)43-22-24-13-8-6-9-14-24)37(30(27)38)32(40)35-23(2)26-15-10-7-11-16-26/h6-11,13-18,21,23,27,29H,3-5,12,19-20,22H2,1-2H3,(H,35,40)(H,34,36,41)/t23-,27-,29+/m1/s1. The highest BCUT2D eigenvalue weighted by Crippen LogP contribution is 2.32. The molecule has 226 valence electrons. The second kappa shape index (κ2) is 15.5. The molecule has 1 fully saturated rings. The molecular formula is C33H38N4O6. The lowest BCUT2D eigenvalue weighted by atomic mass is 9.82. The van der Waals surface area contributed by atoms with Crippen molar-refractivity contribution in [2.24, 2.45) is 5.92 Å². The van der Waals surface area contributed by atoms with Crippen LogP contribution in [0.3, 0.4) is 0 Å². The van der Waals surface area contributed by atoms with Crippen LogP contribution < -0.4 is 10.6 Å². The number of unbranched alkanes of at least 4 members (excludes halogenated alkanes) is 3. The summed E-state index contributed by atoms with van der Waals surface area (Å²) >= 11 is 0. The summed E-state index contributed by atoms with van der Waals surface area (Å²) in [6.07, 6.45) is 4.98. The minimum atomic E-state index is -1.11. The second-order valence-corrected chi connectivity index (χ2v) is 10.5. The number of aromatic nitrogens is 1. The minimum Gasteiger partial charge on any atom is -0.459 e. The van der Waals surface area contributed by atoms with Gasteiger partial charge in [0.1, 0.15) is 12.4 Å². The van der Waals surface area contributed by atoms with Gasteiger partial charge >= 0.3 is 18.1 Å². The molecule has 1 aliphatic rings. The van der Waals surface area contributed by atoms with Crippen LogP contribution in [0.15, 0.2) is 79.0 Å². The third kappa shape index (κ3) is 8.64. The summed E-state index contributed by atoms with van der Waals surface area (Å²) in [6.45, 7) is 4.24. The summed E-state index contributed by atoms with van der Waals surface area (Å²) in [5, 5.41) is 5.42. The molecule has 0 spiro atoms. The Balaban J connectivity index is 1.43. The maximum absolute atomic E-state index is 13.3. The smallest absolute Gasteiger partial charge is 0.412 e. The zero-order valence-electron chi connectivity index (χ0n) is 24.5. The van der Waals surface area contributed by atoms with Gasteiger partial charge < -0.3 is 14.8 Å². The van der Waals surface area contributed by atoms with Gasteiger partial charge in [0.25, 0.3) is 0 Å². The number of anilines is 1. The van der Waals surface area contributed by atoms with Crippen molar-refractivity contribution >= 4 is 29.8 Å². The van der Waals surface area contributed by atoms with E-state index in [1.807, 2.05) is 60.7 Å². The lowest BCUT2D eigenvalue weighted by Gasteiger charge is -2.44. The van der Waals surface area contributed by atoms with Crippen LogP contribution in [0, 0.1) is 5.92 Å². The summed E-state index contributed by atoms with van der Waals surface area (Å²) in [6, 6.07) is 19.7. The number of pyridine rings is 1. The van der Waals surface area contributed by atoms with Crippen LogP contribution in [0.25, 0.3) is 0 Å². The summed E-state index contributed by atoms with van der Waals surface area (Å²) in [5.74, 6) is -1.73. The summed E-state index contributed by atoms with van der Waals surface area (Å²) < 4.78 is 10.8. The fraction of sp³-hybridized carbons (Fsp3) is 0.364. The number of rotatable bonds is 13. The highest BCUT2D eigenvalue weighted by molar-refractivity contribution is 6.08. The number of ether oxygens (including phenoxy) is 2. The number of hydrogen-bond donors (Lipinski definition) is 2. The van der Waals surface area contributed by atoms with Crippen LogP contribution in [-0.4, -0.2) is 46.5 Å². The molecule has 10 heteroatoms. The Morgan fingerprint density at radius 3 is 2.37 bits per heavy atom. The van der Waals surface area contributed by atoms with E-state index in [9.17, 15) is 19.2 Å². The molecule has 0 radical (unpaired) electrons. The molecule has 1 aromatic heterocycles. The minimum absolute atomic E-state index is 0.0108. The number of urea groups is 1. The number of carbonyl (C=O) groups excluding carboxylic acids is 4. The number of carbonyl (C=O) groups is 4. The predicted octanol–water partition coefficient (Wildman–Crippen LogP) is 5.79. The van der Waals surface area contributed by atoms with E-state index in [0.717, 1.165) is 41.7 Å². The van der Waals surface area contributed by atoms with E-state index in [4.69, 9.17) is 9.47 Å². The number of imide groups is 1. The average molecular weight is 587 g/mol. The molecule has 3 atom stereocenters. The number of nitrogens with zero attached hydrogens (tertiary/aromatic N) is 2. The molecule has 1 aliphatic heterocycles. The van der Waals surface area contributed by atoms with E-state index < -0.39 is 36.0 Å².